The third-order valence-corrected chi connectivity index (χ3v) is 3.75. The molecule has 0 bridgehead atoms. The van der Waals surface area contributed by atoms with Crippen LogP contribution < -0.4 is 10.9 Å². The fourth-order valence-corrected chi connectivity index (χ4v) is 2.41. The predicted octanol–water partition coefficient (Wildman–Crippen LogP) is 1.92. The van der Waals surface area contributed by atoms with Crippen molar-refractivity contribution < 1.29 is 14.3 Å². The molecule has 0 atom stereocenters. The van der Waals surface area contributed by atoms with Crippen LogP contribution in [0, 0.1) is 0 Å². The second kappa shape index (κ2) is 7.14. The Morgan fingerprint density at radius 2 is 2.08 bits per heavy atom. The minimum absolute atomic E-state index is 0.0752. The number of rotatable bonds is 4. The topological polar surface area (TPSA) is 114 Å². The van der Waals surface area contributed by atoms with Gasteiger partial charge in [0.25, 0.3) is 11.5 Å². The Balaban J connectivity index is 1.91. The summed E-state index contributed by atoms with van der Waals surface area (Å²) >= 11 is 0. The third kappa shape index (κ3) is 3.44. The molecule has 8 heteroatoms. The maximum atomic E-state index is 12.5. The normalized spacial score (nSPS) is 10.5. The number of aryl methyl sites for hydroxylation is 1. The van der Waals surface area contributed by atoms with E-state index >= 15 is 0 Å². The zero-order chi connectivity index (χ0) is 18.7. The van der Waals surface area contributed by atoms with Crippen molar-refractivity contribution >= 4 is 28.6 Å². The Bertz CT molecular complexity index is 1060. The van der Waals surface area contributed by atoms with Crippen LogP contribution in [0.1, 0.15) is 33.5 Å². The molecule has 0 fully saturated rings. The fourth-order valence-electron chi connectivity index (χ4n) is 2.41. The van der Waals surface area contributed by atoms with E-state index in [4.69, 9.17) is 0 Å². The Morgan fingerprint density at radius 3 is 2.81 bits per heavy atom. The number of carbonyl (C=O) groups is 2. The summed E-state index contributed by atoms with van der Waals surface area (Å²) < 4.78 is 4.65. The number of hydrogen-bond donors (Lipinski definition) is 2. The average molecular weight is 352 g/mol. The van der Waals surface area contributed by atoms with Crippen molar-refractivity contribution in [3.8, 4) is 0 Å². The Labute approximate surface area is 148 Å². The van der Waals surface area contributed by atoms with Crippen LogP contribution in [0.3, 0.4) is 0 Å². The number of hydrogen-bond acceptors (Lipinski definition) is 6. The molecule has 8 nitrogen and oxygen atoms in total. The zero-order valence-corrected chi connectivity index (χ0v) is 14.2. The number of amides is 1. The number of esters is 1. The van der Waals surface area contributed by atoms with Gasteiger partial charge in [-0.3, -0.25) is 9.59 Å². The van der Waals surface area contributed by atoms with Crippen molar-refractivity contribution in [3.05, 3.63) is 63.8 Å². The molecular formula is C18H16N4O4. The molecule has 0 spiro atoms. The number of fused-ring (bicyclic) bond motifs is 1. The molecule has 0 unspecified atom stereocenters. The maximum Gasteiger partial charge on any atom is 0.337 e. The Kier molecular flexibility index (Phi) is 4.74. The standard InChI is InChI=1S/C18H16N4O4/c1-3-14-19-9-11-8-13(17(24)22-15(11)21-14)16(23)20-12-6-4-5-10(7-12)18(25)26-2/h4-9H,3H2,1-2H3,(H,20,23)(H,19,21,22,24). The number of nitrogens with zero attached hydrogens (tertiary/aromatic N) is 2. The summed E-state index contributed by atoms with van der Waals surface area (Å²) in [6.45, 7) is 1.91. The van der Waals surface area contributed by atoms with Crippen LogP contribution >= 0.6 is 0 Å². The number of anilines is 1. The molecule has 2 heterocycles. The van der Waals surface area contributed by atoms with E-state index in [9.17, 15) is 14.4 Å². The number of aromatic amines is 1. The highest BCUT2D eigenvalue weighted by Gasteiger charge is 2.14. The molecule has 132 valence electrons. The van der Waals surface area contributed by atoms with Crippen LogP contribution in [0.15, 0.2) is 41.3 Å². The van der Waals surface area contributed by atoms with E-state index < -0.39 is 17.4 Å². The van der Waals surface area contributed by atoms with E-state index in [2.05, 4.69) is 25.0 Å². The first kappa shape index (κ1) is 17.3. The quantitative estimate of drug-likeness (QED) is 0.693. The van der Waals surface area contributed by atoms with Crippen LogP contribution in [-0.4, -0.2) is 33.9 Å². The molecule has 0 saturated carbocycles. The van der Waals surface area contributed by atoms with Crippen molar-refractivity contribution in [3.63, 3.8) is 0 Å². The number of methoxy groups -OCH3 is 1. The van der Waals surface area contributed by atoms with Crippen LogP contribution in [-0.2, 0) is 11.2 Å². The second-order valence-electron chi connectivity index (χ2n) is 5.48. The van der Waals surface area contributed by atoms with E-state index in [1.165, 1.54) is 19.2 Å². The van der Waals surface area contributed by atoms with Gasteiger partial charge in [0.05, 0.1) is 12.7 Å². The van der Waals surface area contributed by atoms with E-state index in [-0.39, 0.29) is 5.56 Å². The average Bonchev–Trinajstić information content (AvgIpc) is 2.66. The minimum atomic E-state index is -0.602. The molecule has 3 rings (SSSR count). The Morgan fingerprint density at radius 1 is 1.27 bits per heavy atom. The molecule has 2 aromatic heterocycles. The van der Waals surface area contributed by atoms with Gasteiger partial charge in [-0.15, -0.1) is 0 Å². The van der Waals surface area contributed by atoms with Crippen molar-refractivity contribution in [2.45, 2.75) is 13.3 Å². The van der Waals surface area contributed by atoms with Crippen LogP contribution in [0.4, 0.5) is 5.69 Å². The lowest BCUT2D eigenvalue weighted by molar-refractivity contribution is 0.0600. The first-order valence-corrected chi connectivity index (χ1v) is 7.90. The Hall–Kier alpha value is -3.55. The highest BCUT2D eigenvalue weighted by molar-refractivity contribution is 6.06. The molecule has 0 aliphatic rings. The molecule has 0 aliphatic carbocycles. The maximum absolute atomic E-state index is 12.5. The van der Waals surface area contributed by atoms with Crippen molar-refractivity contribution in [1.82, 2.24) is 15.0 Å². The summed E-state index contributed by atoms with van der Waals surface area (Å²) in [5.41, 5.74) is 0.410. The zero-order valence-electron chi connectivity index (χ0n) is 14.2. The molecule has 0 aliphatic heterocycles. The summed E-state index contributed by atoms with van der Waals surface area (Å²) in [5.74, 6) is -0.520. The smallest absolute Gasteiger partial charge is 0.337 e. The molecular weight excluding hydrogens is 336 g/mol. The number of ether oxygens (including phenoxy) is 1. The van der Waals surface area contributed by atoms with Gasteiger partial charge >= 0.3 is 5.97 Å². The first-order valence-electron chi connectivity index (χ1n) is 7.90. The van der Waals surface area contributed by atoms with Gasteiger partial charge in [0, 0.05) is 23.7 Å². The molecule has 1 amide bonds. The number of aromatic nitrogens is 3. The summed E-state index contributed by atoms with van der Waals surface area (Å²) in [5, 5.41) is 3.15. The van der Waals surface area contributed by atoms with Gasteiger partial charge in [-0.2, -0.15) is 0 Å². The number of H-pyrrole nitrogens is 1. The highest BCUT2D eigenvalue weighted by atomic mass is 16.5. The summed E-state index contributed by atoms with van der Waals surface area (Å²) in [7, 11) is 1.27. The largest absolute Gasteiger partial charge is 0.465 e. The molecule has 2 N–H and O–H groups in total. The number of benzene rings is 1. The molecule has 0 radical (unpaired) electrons. The highest BCUT2D eigenvalue weighted by Crippen LogP contribution is 2.14. The first-order chi connectivity index (χ1) is 12.5. The summed E-state index contributed by atoms with van der Waals surface area (Å²) in [6.07, 6.45) is 2.20. The van der Waals surface area contributed by atoms with E-state index in [0.717, 1.165) is 0 Å². The van der Waals surface area contributed by atoms with Gasteiger partial charge in [0.15, 0.2) is 0 Å². The SMILES string of the molecule is CCc1ncc2cc(C(=O)Nc3cccc(C(=O)OC)c3)c(=O)[nH]c2n1. The molecule has 0 saturated heterocycles. The van der Waals surface area contributed by atoms with Crippen molar-refractivity contribution in [2.75, 3.05) is 12.4 Å². The van der Waals surface area contributed by atoms with Gasteiger partial charge in [-0.1, -0.05) is 13.0 Å². The van der Waals surface area contributed by atoms with Gasteiger partial charge in [-0.25, -0.2) is 14.8 Å². The lowest BCUT2D eigenvalue weighted by atomic mass is 10.1. The lowest BCUT2D eigenvalue weighted by Gasteiger charge is -2.07. The molecule has 1 aromatic carbocycles. The van der Waals surface area contributed by atoms with E-state index in [1.54, 1.807) is 24.4 Å². The number of carbonyl (C=O) groups excluding carboxylic acids is 2. The van der Waals surface area contributed by atoms with Crippen LogP contribution in [0.25, 0.3) is 11.0 Å². The fraction of sp³-hybridized carbons (Fsp3) is 0.167. The van der Waals surface area contributed by atoms with Crippen LogP contribution in [0.5, 0.6) is 0 Å². The second-order valence-corrected chi connectivity index (χ2v) is 5.48. The van der Waals surface area contributed by atoms with Gasteiger partial charge in [0.1, 0.15) is 17.0 Å². The summed E-state index contributed by atoms with van der Waals surface area (Å²) in [6, 6.07) is 7.68. The minimum Gasteiger partial charge on any atom is -0.465 e. The third-order valence-electron chi connectivity index (χ3n) is 3.75. The number of pyridine rings is 1. The molecule has 3 aromatic rings. The predicted molar refractivity (Wildman–Crippen MR) is 95.3 cm³/mol. The summed E-state index contributed by atoms with van der Waals surface area (Å²) in [4.78, 5) is 47.3. The van der Waals surface area contributed by atoms with E-state index in [1.807, 2.05) is 6.92 Å². The van der Waals surface area contributed by atoms with Crippen molar-refractivity contribution in [2.24, 2.45) is 0 Å². The van der Waals surface area contributed by atoms with Gasteiger partial charge in [0.2, 0.25) is 0 Å². The molecule has 26 heavy (non-hydrogen) atoms. The van der Waals surface area contributed by atoms with Gasteiger partial charge < -0.3 is 15.0 Å². The van der Waals surface area contributed by atoms with Gasteiger partial charge in [-0.05, 0) is 24.3 Å². The number of nitrogens with one attached hydrogen (secondary N) is 2. The lowest BCUT2D eigenvalue weighted by Crippen LogP contribution is -2.23. The van der Waals surface area contributed by atoms with Crippen molar-refractivity contribution in [1.29, 1.82) is 0 Å². The van der Waals surface area contributed by atoms with E-state index in [0.29, 0.717) is 34.5 Å². The monoisotopic (exact) mass is 352 g/mol. The van der Waals surface area contributed by atoms with Crippen LogP contribution in [0.2, 0.25) is 0 Å².